The molecule has 1 aromatic heterocycles. The topological polar surface area (TPSA) is 82.4 Å². The number of aromatic nitrogens is 2. The highest BCUT2D eigenvalue weighted by Crippen LogP contribution is 2.36. The van der Waals surface area contributed by atoms with Gasteiger partial charge in [0, 0.05) is 24.3 Å². The first-order valence-electron chi connectivity index (χ1n) is 5.74. The van der Waals surface area contributed by atoms with Crippen molar-refractivity contribution in [1.29, 1.82) is 0 Å². The summed E-state index contributed by atoms with van der Waals surface area (Å²) in [5.74, 6) is 1.86. The lowest BCUT2D eigenvalue weighted by Crippen LogP contribution is -1.98. The smallest absolute Gasteiger partial charge is 0.145 e. The summed E-state index contributed by atoms with van der Waals surface area (Å²) in [6.07, 6.45) is 0. The van der Waals surface area contributed by atoms with E-state index < -0.39 is 0 Å². The summed E-state index contributed by atoms with van der Waals surface area (Å²) in [7, 11) is 4.86. The van der Waals surface area contributed by atoms with Crippen molar-refractivity contribution in [2.75, 3.05) is 27.1 Å². The SMILES string of the molecule is COCc1cc(OC)cc(-c2cc(N)n[nH]2)c1OC. The number of ether oxygens (including phenoxy) is 3. The molecule has 0 aliphatic rings. The lowest BCUT2D eigenvalue weighted by atomic mass is 10.1. The quantitative estimate of drug-likeness (QED) is 0.859. The third kappa shape index (κ3) is 2.63. The third-order valence-corrected chi connectivity index (χ3v) is 2.77. The fraction of sp³-hybridized carbons (Fsp3) is 0.308. The molecule has 1 aromatic carbocycles. The van der Waals surface area contributed by atoms with E-state index >= 15 is 0 Å². The van der Waals surface area contributed by atoms with Crippen LogP contribution in [0.2, 0.25) is 0 Å². The molecule has 0 fully saturated rings. The van der Waals surface area contributed by atoms with Gasteiger partial charge in [0.05, 0.1) is 26.5 Å². The molecule has 6 nitrogen and oxygen atoms in total. The van der Waals surface area contributed by atoms with Crippen LogP contribution in [0.25, 0.3) is 11.3 Å². The second kappa shape index (κ2) is 5.62. The first kappa shape index (κ1) is 13.2. The van der Waals surface area contributed by atoms with Crippen LogP contribution in [-0.2, 0) is 11.3 Å². The molecule has 0 bridgehead atoms. The fourth-order valence-electron chi connectivity index (χ4n) is 1.96. The second-order valence-corrected chi connectivity index (χ2v) is 4.01. The summed E-state index contributed by atoms with van der Waals surface area (Å²) >= 11 is 0. The summed E-state index contributed by atoms with van der Waals surface area (Å²) in [6, 6.07) is 5.49. The van der Waals surface area contributed by atoms with Gasteiger partial charge in [-0.15, -0.1) is 0 Å². The van der Waals surface area contributed by atoms with Gasteiger partial charge in [-0.2, -0.15) is 5.10 Å². The van der Waals surface area contributed by atoms with Crippen LogP contribution in [-0.4, -0.2) is 31.5 Å². The normalized spacial score (nSPS) is 10.5. The zero-order valence-corrected chi connectivity index (χ0v) is 11.2. The predicted octanol–water partition coefficient (Wildman–Crippen LogP) is 1.82. The molecule has 0 amide bonds. The number of nitrogen functional groups attached to an aromatic ring is 1. The van der Waals surface area contributed by atoms with Gasteiger partial charge in [0.15, 0.2) is 0 Å². The molecule has 2 rings (SSSR count). The van der Waals surface area contributed by atoms with Crippen molar-refractivity contribution in [1.82, 2.24) is 10.2 Å². The Hall–Kier alpha value is -2.21. The molecule has 0 aliphatic carbocycles. The number of hydrogen-bond acceptors (Lipinski definition) is 5. The Morgan fingerprint density at radius 3 is 2.47 bits per heavy atom. The molecule has 19 heavy (non-hydrogen) atoms. The molecule has 102 valence electrons. The molecule has 1 heterocycles. The summed E-state index contributed by atoms with van der Waals surface area (Å²) < 4.78 is 15.9. The van der Waals surface area contributed by atoms with Crippen molar-refractivity contribution in [3.05, 3.63) is 23.8 Å². The summed E-state index contributed by atoms with van der Waals surface area (Å²) in [4.78, 5) is 0. The van der Waals surface area contributed by atoms with Gasteiger partial charge in [0.2, 0.25) is 0 Å². The minimum atomic E-state index is 0.424. The molecule has 6 heteroatoms. The Morgan fingerprint density at radius 2 is 1.95 bits per heavy atom. The molecule has 0 atom stereocenters. The Labute approximate surface area is 111 Å². The van der Waals surface area contributed by atoms with Gasteiger partial charge in [-0.3, -0.25) is 5.10 Å². The van der Waals surface area contributed by atoms with E-state index in [-0.39, 0.29) is 0 Å². The highest BCUT2D eigenvalue weighted by molar-refractivity contribution is 5.72. The van der Waals surface area contributed by atoms with Crippen LogP contribution in [0.5, 0.6) is 11.5 Å². The van der Waals surface area contributed by atoms with E-state index in [2.05, 4.69) is 10.2 Å². The summed E-state index contributed by atoms with van der Waals surface area (Å²) in [6.45, 7) is 0.428. The predicted molar refractivity (Wildman–Crippen MR) is 72.3 cm³/mol. The number of H-pyrrole nitrogens is 1. The highest BCUT2D eigenvalue weighted by atomic mass is 16.5. The van der Waals surface area contributed by atoms with Crippen molar-refractivity contribution < 1.29 is 14.2 Å². The summed E-state index contributed by atoms with van der Waals surface area (Å²) in [5.41, 5.74) is 8.13. The van der Waals surface area contributed by atoms with Crippen LogP contribution >= 0.6 is 0 Å². The standard InChI is InChI=1S/C13H17N3O3/c1-17-7-8-4-9(18-2)5-10(13(8)19-3)11-6-12(14)16-15-11/h4-6H,7H2,1-3H3,(H3,14,15,16). The maximum Gasteiger partial charge on any atom is 0.145 e. The summed E-state index contributed by atoms with van der Waals surface area (Å²) in [5, 5.41) is 6.79. The number of rotatable bonds is 5. The molecule has 0 spiro atoms. The minimum Gasteiger partial charge on any atom is -0.497 e. The van der Waals surface area contributed by atoms with Crippen molar-refractivity contribution in [2.45, 2.75) is 6.61 Å². The van der Waals surface area contributed by atoms with E-state index in [0.717, 1.165) is 22.6 Å². The average molecular weight is 263 g/mol. The molecule has 2 aromatic rings. The van der Waals surface area contributed by atoms with Crippen molar-refractivity contribution in [3.8, 4) is 22.8 Å². The van der Waals surface area contributed by atoms with E-state index in [0.29, 0.717) is 18.2 Å². The first-order chi connectivity index (χ1) is 9.19. The molecule has 0 radical (unpaired) electrons. The monoisotopic (exact) mass is 263 g/mol. The number of nitrogens with two attached hydrogens (primary N) is 1. The molecule has 0 unspecified atom stereocenters. The van der Waals surface area contributed by atoms with Crippen LogP contribution in [0.15, 0.2) is 18.2 Å². The zero-order chi connectivity index (χ0) is 13.8. The molecular formula is C13H17N3O3. The van der Waals surface area contributed by atoms with Crippen molar-refractivity contribution in [3.63, 3.8) is 0 Å². The number of anilines is 1. The van der Waals surface area contributed by atoms with E-state index in [1.54, 1.807) is 27.4 Å². The van der Waals surface area contributed by atoms with Gasteiger partial charge in [0.1, 0.15) is 17.3 Å². The largest absolute Gasteiger partial charge is 0.497 e. The Morgan fingerprint density at radius 1 is 1.16 bits per heavy atom. The molecule has 3 N–H and O–H groups in total. The van der Waals surface area contributed by atoms with Gasteiger partial charge in [-0.1, -0.05) is 0 Å². The maximum absolute atomic E-state index is 5.64. The van der Waals surface area contributed by atoms with Crippen LogP contribution in [0.4, 0.5) is 5.82 Å². The van der Waals surface area contributed by atoms with Gasteiger partial charge in [0.25, 0.3) is 0 Å². The number of nitrogens with one attached hydrogen (secondary N) is 1. The van der Waals surface area contributed by atoms with Crippen molar-refractivity contribution >= 4 is 5.82 Å². The number of aromatic amines is 1. The number of nitrogens with zero attached hydrogens (tertiary/aromatic N) is 1. The van der Waals surface area contributed by atoms with Crippen LogP contribution in [0.3, 0.4) is 0 Å². The number of methoxy groups -OCH3 is 3. The Bertz CT molecular complexity index is 566. The van der Waals surface area contributed by atoms with E-state index in [4.69, 9.17) is 19.9 Å². The van der Waals surface area contributed by atoms with Crippen LogP contribution < -0.4 is 15.2 Å². The molecule has 0 saturated heterocycles. The van der Waals surface area contributed by atoms with E-state index in [1.165, 1.54) is 0 Å². The average Bonchev–Trinajstić information content (AvgIpc) is 2.84. The lowest BCUT2D eigenvalue weighted by Gasteiger charge is -2.14. The van der Waals surface area contributed by atoms with E-state index in [9.17, 15) is 0 Å². The van der Waals surface area contributed by atoms with Gasteiger partial charge in [-0.25, -0.2) is 0 Å². The Balaban J connectivity index is 2.59. The molecule has 0 saturated carbocycles. The number of benzene rings is 1. The Kier molecular flexibility index (Phi) is 3.91. The maximum atomic E-state index is 5.64. The van der Waals surface area contributed by atoms with Gasteiger partial charge < -0.3 is 19.9 Å². The van der Waals surface area contributed by atoms with Crippen LogP contribution in [0, 0.1) is 0 Å². The fourth-order valence-corrected chi connectivity index (χ4v) is 1.96. The third-order valence-electron chi connectivity index (χ3n) is 2.77. The number of hydrogen-bond donors (Lipinski definition) is 2. The molecular weight excluding hydrogens is 246 g/mol. The van der Waals surface area contributed by atoms with Gasteiger partial charge >= 0.3 is 0 Å². The lowest BCUT2D eigenvalue weighted by molar-refractivity contribution is 0.181. The minimum absolute atomic E-state index is 0.424. The van der Waals surface area contributed by atoms with Crippen molar-refractivity contribution in [2.24, 2.45) is 0 Å². The zero-order valence-electron chi connectivity index (χ0n) is 11.2. The van der Waals surface area contributed by atoms with Gasteiger partial charge in [-0.05, 0) is 12.1 Å². The first-order valence-corrected chi connectivity index (χ1v) is 5.74. The molecule has 0 aliphatic heterocycles. The highest BCUT2D eigenvalue weighted by Gasteiger charge is 2.15. The van der Waals surface area contributed by atoms with Crippen LogP contribution in [0.1, 0.15) is 5.56 Å². The second-order valence-electron chi connectivity index (χ2n) is 4.01. The van der Waals surface area contributed by atoms with E-state index in [1.807, 2.05) is 12.1 Å².